The average Bonchev–Trinajstić information content (AvgIpc) is 2.51. The summed E-state index contributed by atoms with van der Waals surface area (Å²) in [6.45, 7) is 3.67. The van der Waals surface area contributed by atoms with Gasteiger partial charge in [-0.15, -0.1) is 0 Å². The Morgan fingerprint density at radius 1 is 1.18 bits per heavy atom. The predicted molar refractivity (Wildman–Crippen MR) is 92.1 cm³/mol. The van der Waals surface area contributed by atoms with E-state index in [-0.39, 0.29) is 5.91 Å². The minimum Gasteiger partial charge on any atom is -0.383 e. The molecular weight excluding hydrogens is 344 g/mol. The number of carbonyl (C=O) groups is 1. The second-order valence-corrected chi connectivity index (χ2v) is 5.80. The molecule has 22 heavy (non-hydrogen) atoms. The maximum absolute atomic E-state index is 12.0. The summed E-state index contributed by atoms with van der Waals surface area (Å²) in [6.07, 6.45) is 0.911. The highest BCUT2D eigenvalue weighted by Gasteiger charge is 2.13. The highest BCUT2D eigenvalue weighted by Crippen LogP contribution is 2.14. The van der Waals surface area contributed by atoms with Crippen LogP contribution in [0.2, 0.25) is 0 Å². The van der Waals surface area contributed by atoms with E-state index >= 15 is 0 Å². The maximum atomic E-state index is 12.0. The Hall–Kier alpha value is -2.14. The highest BCUT2D eigenvalue weighted by atomic mass is 79.9. The first-order valence-corrected chi connectivity index (χ1v) is 7.66. The number of benzene rings is 2. The third kappa shape index (κ3) is 5.00. The Morgan fingerprint density at radius 2 is 1.82 bits per heavy atom. The van der Waals surface area contributed by atoms with E-state index in [2.05, 4.69) is 26.4 Å². The molecule has 0 heterocycles. The standard InChI is InChI=1S/C17H17BrN2O2/c1-12-3-5-14(6-4-12)11-19-22-13(2)17(21)20-16-9-7-15(18)8-10-16/h3-11,13H,1-2H3,(H,20,21)/b19-11-/t13-/m0/s1. The third-order valence-electron chi connectivity index (χ3n) is 2.98. The molecule has 2 aromatic rings. The molecule has 0 aliphatic heterocycles. The number of carbonyl (C=O) groups excluding carboxylic acids is 1. The number of aryl methyl sites for hydroxylation is 1. The van der Waals surface area contributed by atoms with Crippen molar-refractivity contribution in [3.05, 3.63) is 64.1 Å². The van der Waals surface area contributed by atoms with E-state index in [9.17, 15) is 4.79 Å². The fourth-order valence-electron chi connectivity index (χ4n) is 1.66. The van der Waals surface area contributed by atoms with Gasteiger partial charge in [-0.3, -0.25) is 4.79 Å². The SMILES string of the molecule is Cc1ccc(/C=N\O[C@@H](C)C(=O)Nc2ccc(Br)cc2)cc1. The number of oxime groups is 1. The van der Waals surface area contributed by atoms with Gasteiger partial charge in [0.05, 0.1) is 6.21 Å². The molecule has 1 N–H and O–H groups in total. The summed E-state index contributed by atoms with van der Waals surface area (Å²) in [5.74, 6) is -0.247. The lowest BCUT2D eigenvalue weighted by molar-refractivity contribution is -0.126. The smallest absolute Gasteiger partial charge is 0.267 e. The Bertz CT molecular complexity index is 651. The van der Waals surface area contributed by atoms with Gasteiger partial charge in [0.15, 0.2) is 0 Å². The van der Waals surface area contributed by atoms with Crippen molar-refractivity contribution < 1.29 is 9.63 Å². The number of rotatable bonds is 5. The number of halogens is 1. The van der Waals surface area contributed by atoms with Crippen LogP contribution in [0.25, 0.3) is 0 Å². The topological polar surface area (TPSA) is 50.7 Å². The summed E-state index contributed by atoms with van der Waals surface area (Å²) in [5, 5.41) is 6.62. The predicted octanol–water partition coefficient (Wildman–Crippen LogP) is 4.14. The summed E-state index contributed by atoms with van der Waals surface area (Å²) in [7, 11) is 0. The Labute approximate surface area is 138 Å². The van der Waals surface area contributed by atoms with Crippen LogP contribution < -0.4 is 5.32 Å². The zero-order valence-corrected chi connectivity index (χ0v) is 14.0. The summed E-state index contributed by atoms with van der Waals surface area (Å²) in [4.78, 5) is 17.1. The van der Waals surface area contributed by atoms with Gasteiger partial charge in [-0.25, -0.2) is 0 Å². The first-order valence-electron chi connectivity index (χ1n) is 6.87. The zero-order chi connectivity index (χ0) is 15.9. The molecule has 0 saturated carbocycles. The molecule has 0 aliphatic carbocycles. The van der Waals surface area contributed by atoms with Crippen molar-refractivity contribution in [2.75, 3.05) is 5.32 Å². The molecule has 0 saturated heterocycles. The molecule has 0 bridgehead atoms. The van der Waals surface area contributed by atoms with Gasteiger partial charge in [0.25, 0.3) is 5.91 Å². The summed E-state index contributed by atoms with van der Waals surface area (Å²) in [6, 6.07) is 15.2. The number of anilines is 1. The van der Waals surface area contributed by atoms with Gasteiger partial charge in [0.1, 0.15) is 0 Å². The second-order valence-electron chi connectivity index (χ2n) is 4.89. The van der Waals surface area contributed by atoms with Gasteiger partial charge in [-0.1, -0.05) is 50.9 Å². The molecule has 4 nitrogen and oxygen atoms in total. The minimum absolute atomic E-state index is 0.247. The van der Waals surface area contributed by atoms with Gasteiger partial charge in [-0.2, -0.15) is 0 Å². The molecule has 0 radical (unpaired) electrons. The van der Waals surface area contributed by atoms with Crippen LogP contribution in [0.4, 0.5) is 5.69 Å². The minimum atomic E-state index is -0.676. The Morgan fingerprint density at radius 3 is 2.45 bits per heavy atom. The molecular formula is C17H17BrN2O2. The molecule has 0 fully saturated rings. The molecule has 0 aromatic heterocycles. The van der Waals surface area contributed by atoms with Crippen molar-refractivity contribution in [2.45, 2.75) is 20.0 Å². The van der Waals surface area contributed by atoms with Crippen molar-refractivity contribution in [2.24, 2.45) is 5.16 Å². The van der Waals surface area contributed by atoms with Crippen LogP contribution in [0, 0.1) is 6.92 Å². The van der Waals surface area contributed by atoms with Crippen LogP contribution in [0.1, 0.15) is 18.1 Å². The quantitative estimate of drug-likeness (QED) is 0.643. The molecule has 2 aromatic carbocycles. The van der Waals surface area contributed by atoms with Crippen molar-refractivity contribution in [3.63, 3.8) is 0 Å². The summed E-state index contributed by atoms with van der Waals surface area (Å²) < 4.78 is 0.956. The number of nitrogens with zero attached hydrogens (tertiary/aromatic N) is 1. The molecule has 1 atom stereocenters. The lowest BCUT2D eigenvalue weighted by Crippen LogP contribution is -2.26. The molecule has 114 valence electrons. The van der Waals surface area contributed by atoms with Crippen LogP contribution in [0.5, 0.6) is 0 Å². The highest BCUT2D eigenvalue weighted by molar-refractivity contribution is 9.10. The lowest BCUT2D eigenvalue weighted by atomic mass is 10.2. The molecule has 2 rings (SSSR count). The van der Waals surface area contributed by atoms with Gasteiger partial charge >= 0.3 is 0 Å². The number of amides is 1. The Balaban J connectivity index is 1.85. The molecule has 0 aliphatic rings. The lowest BCUT2D eigenvalue weighted by Gasteiger charge is -2.10. The van der Waals surface area contributed by atoms with E-state index in [4.69, 9.17) is 4.84 Å². The monoisotopic (exact) mass is 360 g/mol. The van der Waals surface area contributed by atoms with E-state index in [0.29, 0.717) is 5.69 Å². The van der Waals surface area contributed by atoms with Crippen LogP contribution in [0.15, 0.2) is 58.2 Å². The van der Waals surface area contributed by atoms with E-state index in [0.717, 1.165) is 10.0 Å². The van der Waals surface area contributed by atoms with Gasteiger partial charge in [0.2, 0.25) is 6.10 Å². The van der Waals surface area contributed by atoms with E-state index < -0.39 is 6.10 Å². The van der Waals surface area contributed by atoms with E-state index in [1.165, 1.54) is 5.56 Å². The normalized spacial score (nSPS) is 12.1. The third-order valence-corrected chi connectivity index (χ3v) is 3.51. The van der Waals surface area contributed by atoms with Crippen LogP contribution in [-0.4, -0.2) is 18.2 Å². The Kier molecular flexibility index (Phi) is 5.72. The van der Waals surface area contributed by atoms with Crippen LogP contribution in [0.3, 0.4) is 0 Å². The van der Waals surface area contributed by atoms with Gasteiger partial charge in [-0.05, 0) is 43.7 Å². The van der Waals surface area contributed by atoms with E-state index in [1.54, 1.807) is 13.1 Å². The summed E-state index contributed by atoms with van der Waals surface area (Å²) in [5.41, 5.74) is 2.82. The molecule has 0 unspecified atom stereocenters. The first-order chi connectivity index (χ1) is 10.5. The fourth-order valence-corrected chi connectivity index (χ4v) is 1.92. The zero-order valence-electron chi connectivity index (χ0n) is 12.4. The number of nitrogens with one attached hydrogen (secondary N) is 1. The number of hydrogen-bond donors (Lipinski definition) is 1. The number of hydrogen-bond acceptors (Lipinski definition) is 3. The average molecular weight is 361 g/mol. The first kappa shape index (κ1) is 16.2. The molecule has 1 amide bonds. The van der Waals surface area contributed by atoms with Crippen molar-refractivity contribution >= 4 is 33.7 Å². The van der Waals surface area contributed by atoms with Crippen LogP contribution >= 0.6 is 15.9 Å². The fraction of sp³-hybridized carbons (Fsp3) is 0.176. The second kappa shape index (κ2) is 7.75. The van der Waals surface area contributed by atoms with Gasteiger partial charge in [0, 0.05) is 10.2 Å². The summed E-state index contributed by atoms with van der Waals surface area (Å²) >= 11 is 3.34. The largest absolute Gasteiger partial charge is 0.383 e. The van der Waals surface area contributed by atoms with Crippen molar-refractivity contribution in [3.8, 4) is 0 Å². The van der Waals surface area contributed by atoms with Crippen molar-refractivity contribution in [1.82, 2.24) is 0 Å². The van der Waals surface area contributed by atoms with Gasteiger partial charge < -0.3 is 10.2 Å². The van der Waals surface area contributed by atoms with Crippen molar-refractivity contribution in [1.29, 1.82) is 0 Å². The van der Waals surface area contributed by atoms with E-state index in [1.807, 2.05) is 55.5 Å². The molecule has 0 spiro atoms. The van der Waals surface area contributed by atoms with Crippen LogP contribution in [-0.2, 0) is 9.63 Å². The maximum Gasteiger partial charge on any atom is 0.267 e. The molecule has 5 heteroatoms.